The van der Waals surface area contributed by atoms with Crippen molar-refractivity contribution in [3.8, 4) is 0 Å². The van der Waals surface area contributed by atoms with Gasteiger partial charge in [-0.25, -0.2) is 8.42 Å². The average molecular weight is 256 g/mol. The third-order valence-corrected chi connectivity index (χ3v) is 2.80. The van der Waals surface area contributed by atoms with Crippen LogP contribution in [0.2, 0.25) is 0 Å². The van der Waals surface area contributed by atoms with Crippen LogP contribution in [-0.4, -0.2) is 33.4 Å². The Morgan fingerprint density at radius 2 is 1.82 bits per heavy atom. The van der Waals surface area contributed by atoms with Crippen LogP contribution in [0.1, 0.15) is 5.56 Å². The standard InChI is InChI=1S/C11H16N2O3S/c1-12-7-9-3-5-10(6-4-9)13-11(14)8-17(2,15)16/h3-6,12H,7-8H2,1-2H3,(H,13,14). The summed E-state index contributed by atoms with van der Waals surface area (Å²) in [6.07, 6.45) is 1.03. The molecule has 0 fully saturated rings. The molecule has 0 aliphatic heterocycles. The first-order valence-corrected chi connectivity index (χ1v) is 7.18. The van der Waals surface area contributed by atoms with E-state index < -0.39 is 21.5 Å². The van der Waals surface area contributed by atoms with Crippen LogP contribution < -0.4 is 10.6 Å². The summed E-state index contributed by atoms with van der Waals surface area (Å²) in [5.41, 5.74) is 1.69. The lowest BCUT2D eigenvalue weighted by molar-refractivity contribution is -0.113. The van der Waals surface area contributed by atoms with Crippen LogP contribution >= 0.6 is 0 Å². The zero-order valence-electron chi connectivity index (χ0n) is 9.86. The van der Waals surface area contributed by atoms with Gasteiger partial charge in [0.05, 0.1) is 0 Å². The largest absolute Gasteiger partial charge is 0.325 e. The normalized spacial score (nSPS) is 11.2. The van der Waals surface area contributed by atoms with Crippen molar-refractivity contribution in [2.75, 3.05) is 24.4 Å². The topological polar surface area (TPSA) is 75.3 Å². The summed E-state index contributed by atoms with van der Waals surface area (Å²) >= 11 is 0. The highest BCUT2D eigenvalue weighted by atomic mass is 32.2. The molecule has 0 atom stereocenters. The molecule has 6 heteroatoms. The maximum Gasteiger partial charge on any atom is 0.239 e. The van der Waals surface area contributed by atoms with Gasteiger partial charge < -0.3 is 10.6 Å². The number of benzene rings is 1. The van der Waals surface area contributed by atoms with Crippen molar-refractivity contribution in [1.29, 1.82) is 0 Å². The van der Waals surface area contributed by atoms with Crippen LogP contribution in [-0.2, 0) is 21.2 Å². The van der Waals surface area contributed by atoms with Crippen LogP contribution in [0.4, 0.5) is 5.69 Å². The van der Waals surface area contributed by atoms with Crippen LogP contribution in [0, 0.1) is 0 Å². The van der Waals surface area contributed by atoms with Crippen LogP contribution in [0.25, 0.3) is 0 Å². The van der Waals surface area contributed by atoms with Crippen LogP contribution in [0.15, 0.2) is 24.3 Å². The predicted molar refractivity (Wildman–Crippen MR) is 67.5 cm³/mol. The molecule has 0 bridgehead atoms. The molecule has 0 spiro atoms. The van der Waals surface area contributed by atoms with Crippen molar-refractivity contribution in [2.24, 2.45) is 0 Å². The molecule has 2 N–H and O–H groups in total. The minimum absolute atomic E-state index is 0.495. The van der Waals surface area contributed by atoms with Crippen LogP contribution in [0.3, 0.4) is 0 Å². The first-order valence-electron chi connectivity index (χ1n) is 5.12. The average Bonchev–Trinajstić information content (AvgIpc) is 2.18. The summed E-state index contributed by atoms with van der Waals surface area (Å²) in [5, 5.41) is 5.54. The van der Waals surface area contributed by atoms with E-state index in [1.54, 1.807) is 12.1 Å². The fourth-order valence-electron chi connectivity index (χ4n) is 1.35. The molecular formula is C11H16N2O3S. The highest BCUT2D eigenvalue weighted by molar-refractivity contribution is 7.91. The molecule has 5 nitrogen and oxygen atoms in total. The SMILES string of the molecule is CNCc1ccc(NC(=O)CS(C)(=O)=O)cc1. The number of anilines is 1. The third kappa shape index (κ3) is 5.46. The minimum atomic E-state index is -3.28. The minimum Gasteiger partial charge on any atom is -0.325 e. The first kappa shape index (κ1) is 13.7. The lowest BCUT2D eigenvalue weighted by Gasteiger charge is -2.05. The summed E-state index contributed by atoms with van der Waals surface area (Å²) in [6.45, 7) is 0.748. The van der Waals surface area contributed by atoms with Gasteiger partial charge in [0, 0.05) is 18.5 Å². The quantitative estimate of drug-likeness (QED) is 0.799. The molecule has 0 heterocycles. The lowest BCUT2D eigenvalue weighted by atomic mass is 10.2. The van der Waals surface area contributed by atoms with E-state index in [2.05, 4.69) is 10.6 Å². The number of hydrogen-bond donors (Lipinski definition) is 2. The van der Waals surface area contributed by atoms with Gasteiger partial charge in [-0.05, 0) is 24.7 Å². The second kappa shape index (κ2) is 5.79. The lowest BCUT2D eigenvalue weighted by Crippen LogP contribution is -2.21. The van der Waals surface area contributed by atoms with E-state index in [0.29, 0.717) is 5.69 Å². The van der Waals surface area contributed by atoms with Gasteiger partial charge in [0.15, 0.2) is 9.84 Å². The molecule has 0 saturated heterocycles. The Hall–Kier alpha value is -1.40. The Balaban J connectivity index is 2.60. The second-order valence-corrected chi connectivity index (χ2v) is 5.99. The van der Waals surface area contributed by atoms with E-state index >= 15 is 0 Å². The Morgan fingerprint density at radius 1 is 1.24 bits per heavy atom. The van der Waals surface area contributed by atoms with Crippen molar-refractivity contribution in [2.45, 2.75) is 6.54 Å². The number of sulfone groups is 1. The number of hydrogen-bond acceptors (Lipinski definition) is 4. The van der Waals surface area contributed by atoms with Crippen molar-refractivity contribution >= 4 is 21.4 Å². The summed E-state index contributed by atoms with van der Waals surface area (Å²) in [4.78, 5) is 11.3. The summed E-state index contributed by atoms with van der Waals surface area (Å²) in [6, 6.07) is 7.22. The van der Waals surface area contributed by atoms with E-state index in [1.807, 2.05) is 19.2 Å². The summed E-state index contributed by atoms with van der Waals surface area (Å²) < 4.78 is 21.8. The molecule has 1 rings (SSSR count). The first-order chi connectivity index (χ1) is 7.90. The molecule has 0 aromatic heterocycles. The maximum absolute atomic E-state index is 11.3. The molecule has 1 amide bonds. The monoisotopic (exact) mass is 256 g/mol. The van der Waals surface area contributed by atoms with E-state index in [0.717, 1.165) is 18.4 Å². The zero-order chi connectivity index (χ0) is 12.9. The molecule has 94 valence electrons. The highest BCUT2D eigenvalue weighted by Gasteiger charge is 2.10. The number of amides is 1. The fraction of sp³-hybridized carbons (Fsp3) is 0.364. The molecule has 1 aromatic carbocycles. The Labute approximate surface area is 101 Å². The maximum atomic E-state index is 11.3. The highest BCUT2D eigenvalue weighted by Crippen LogP contribution is 2.09. The molecule has 0 unspecified atom stereocenters. The second-order valence-electron chi connectivity index (χ2n) is 3.85. The van der Waals surface area contributed by atoms with Gasteiger partial charge in [-0.2, -0.15) is 0 Å². The Kier molecular flexibility index (Phi) is 4.65. The number of rotatable bonds is 5. The van der Waals surface area contributed by atoms with Crippen molar-refractivity contribution in [1.82, 2.24) is 5.32 Å². The Morgan fingerprint density at radius 3 is 2.29 bits per heavy atom. The van der Waals surface area contributed by atoms with Gasteiger partial charge in [0.25, 0.3) is 0 Å². The van der Waals surface area contributed by atoms with Gasteiger partial charge in [-0.15, -0.1) is 0 Å². The summed E-state index contributed by atoms with van der Waals surface area (Å²) in [5.74, 6) is -1.01. The number of carbonyl (C=O) groups is 1. The predicted octanol–water partition coefficient (Wildman–Crippen LogP) is 0.389. The number of nitrogens with one attached hydrogen (secondary N) is 2. The Bertz CT molecular complexity index is 480. The van der Waals surface area contributed by atoms with E-state index in [9.17, 15) is 13.2 Å². The van der Waals surface area contributed by atoms with Gasteiger partial charge in [0.2, 0.25) is 5.91 Å². The molecule has 0 aliphatic carbocycles. The third-order valence-electron chi connectivity index (χ3n) is 2.01. The molecule has 1 aromatic rings. The number of carbonyl (C=O) groups excluding carboxylic acids is 1. The van der Waals surface area contributed by atoms with Gasteiger partial charge in [-0.1, -0.05) is 12.1 Å². The summed E-state index contributed by atoms with van der Waals surface area (Å²) in [7, 11) is -1.43. The van der Waals surface area contributed by atoms with E-state index in [-0.39, 0.29) is 0 Å². The molecule has 0 saturated carbocycles. The fourth-order valence-corrected chi connectivity index (χ4v) is 1.89. The molecule has 0 aliphatic rings. The van der Waals surface area contributed by atoms with Crippen molar-refractivity contribution in [3.63, 3.8) is 0 Å². The van der Waals surface area contributed by atoms with Gasteiger partial charge in [0.1, 0.15) is 5.75 Å². The van der Waals surface area contributed by atoms with Gasteiger partial charge >= 0.3 is 0 Å². The molecular weight excluding hydrogens is 240 g/mol. The van der Waals surface area contributed by atoms with Crippen molar-refractivity contribution < 1.29 is 13.2 Å². The van der Waals surface area contributed by atoms with E-state index in [4.69, 9.17) is 0 Å². The van der Waals surface area contributed by atoms with E-state index in [1.165, 1.54) is 0 Å². The van der Waals surface area contributed by atoms with Gasteiger partial charge in [-0.3, -0.25) is 4.79 Å². The smallest absolute Gasteiger partial charge is 0.239 e. The van der Waals surface area contributed by atoms with Crippen LogP contribution in [0.5, 0.6) is 0 Å². The zero-order valence-corrected chi connectivity index (χ0v) is 10.7. The molecule has 17 heavy (non-hydrogen) atoms. The van der Waals surface area contributed by atoms with Crippen molar-refractivity contribution in [3.05, 3.63) is 29.8 Å². The molecule has 0 radical (unpaired) electrons.